The molecule has 4 rings (SSSR count). The molecule has 0 unspecified atom stereocenters. The molecule has 2 N–H and O–H groups in total. The lowest BCUT2D eigenvalue weighted by atomic mass is 10.1. The number of rotatable bonds is 6. The van der Waals surface area contributed by atoms with E-state index in [0.29, 0.717) is 13.0 Å². The average Bonchev–Trinajstić information content (AvgIpc) is 3.39. The molecule has 4 aromatic rings. The molecule has 2 aromatic carbocycles. The van der Waals surface area contributed by atoms with Gasteiger partial charge in [0.1, 0.15) is 11.6 Å². The second-order valence-electron chi connectivity index (χ2n) is 7.17. The van der Waals surface area contributed by atoms with Crippen molar-refractivity contribution in [3.05, 3.63) is 95.5 Å². The number of aromatic amines is 1. The van der Waals surface area contributed by atoms with Gasteiger partial charge in [-0.15, -0.1) is 0 Å². The molecule has 0 aliphatic heterocycles. The molecule has 2 heterocycles. The van der Waals surface area contributed by atoms with Gasteiger partial charge >= 0.3 is 0 Å². The Morgan fingerprint density at radius 1 is 1.13 bits per heavy atom. The largest absolute Gasteiger partial charge is 0.361 e. The van der Waals surface area contributed by atoms with Crippen LogP contribution in [0.5, 0.6) is 0 Å². The van der Waals surface area contributed by atoms with Crippen LogP contribution < -0.4 is 5.32 Å². The van der Waals surface area contributed by atoms with Gasteiger partial charge in [0, 0.05) is 41.2 Å². The summed E-state index contributed by atoms with van der Waals surface area (Å²) in [7, 11) is 0. The number of benzene rings is 2. The molecule has 0 saturated heterocycles. The summed E-state index contributed by atoms with van der Waals surface area (Å²) in [5.74, 6) is -0.367. The van der Waals surface area contributed by atoms with Gasteiger partial charge in [0.25, 0.3) is 5.91 Å². The Morgan fingerprint density at radius 2 is 1.93 bits per heavy atom. The Morgan fingerprint density at radius 3 is 2.73 bits per heavy atom. The number of nitrogens with one attached hydrogen (secondary N) is 2. The minimum Gasteiger partial charge on any atom is -0.361 e. The standard InChI is InChI=1S/C25H22N4O/c1-18-8-10-21(11-9-18)29-14-4-5-22(29)15-20(16-26)25(30)27-13-12-19-17-28-24-7-3-2-6-23(19)24/h2-11,14-15,17,28H,12-13H2,1H3,(H,27,30)/b20-15-. The molecule has 0 radical (unpaired) electrons. The van der Waals surface area contributed by atoms with Gasteiger partial charge in [0.05, 0.1) is 0 Å². The Bertz CT molecular complexity index is 1250. The molecule has 30 heavy (non-hydrogen) atoms. The normalized spacial score (nSPS) is 11.4. The van der Waals surface area contributed by atoms with Crippen molar-refractivity contribution in [3.8, 4) is 11.8 Å². The highest BCUT2D eigenvalue weighted by atomic mass is 16.1. The third kappa shape index (κ3) is 4.03. The van der Waals surface area contributed by atoms with Gasteiger partial charge in [-0.2, -0.15) is 5.26 Å². The van der Waals surface area contributed by atoms with Crippen LogP contribution in [-0.2, 0) is 11.2 Å². The van der Waals surface area contributed by atoms with E-state index >= 15 is 0 Å². The van der Waals surface area contributed by atoms with E-state index in [0.717, 1.165) is 27.8 Å². The number of carbonyl (C=O) groups excluding carboxylic acids is 1. The predicted molar refractivity (Wildman–Crippen MR) is 119 cm³/mol. The van der Waals surface area contributed by atoms with Crippen molar-refractivity contribution in [1.82, 2.24) is 14.9 Å². The van der Waals surface area contributed by atoms with E-state index in [-0.39, 0.29) is 11.5 Å². The minimum absolute atomic E-state index is 0.0842. The smallest absolute Gasteiger partial charge is 0.262 e. The van der Waals surface area contributed by atoms with Crippen molar-refractivity contribution in [2.24, 2.45) is 0 Å². The maximum Gasteiger partial charge on any atom is 0.262 e. The molecule has 2 aromatic heterocycles. The van der Waals surface area contributed by atoms with Gasteiger partial charge in [0.2, 0.25) is 0 Å². The number of nitrogens with zero attached hydrogens (tertiary/aromatic N) is 2. The van der Waals surface area contributed by atoms with Gasteiger partial charge in [-0.05, 0) is 55.3 Å². The number of hydrogen-bond acceptors (Lipinski definition) is 2. The zero-order chi connectivity index (χ0) is 20.9. The van der Waals surface area contributed by atoms with Crippen LogP contribution >= 0.6 is 0 Å². The summed E-state index contributed by atoms with van der Waals surface area (Å²) < 4.78 is 1.95. The lowest BCUT2D eigenvalue weighted by molar-refractivity contribution is -0.117. The van der Waals surface area contributed by atoms with Crippen molar-refractivity contribution in [1.29, 1.82) is 5.26 Å². The lowest BCUT2D eigenvalue weighted by Crippen LogP contribution is -2.26. The molecule has 5 nitrogen and oxygen atoms in total. The van der Waals surface area contributed by atoms with E-state index in [9.17, 15) is 10.1 Å². The first-order valence-electron chi connectivity index (χ1n) is 9.85. The fourth-order valence-electron chi connectivity index (χ4n) is 3.49. The molecule has 148 valence electrons. The van der Waals surface area contributed by atoms with Crippen LogP contribution in [0.25, 0.3) is 22.7 Å². The van der Waals surface area contributed by atoms with Crippen molar-refractivity contribution >= 4 is 22.9 Å². The monoisotopic (exact) mass is 394 g/mol. The SMILES string of the molecule is Cc1ccc(-n2cccc2/C=C(/C#N)C(=O)NCCc2c[nH]c3ccccc23)cc1. The lowest BCUT2D eigenvalue weighted by Gasteiger charge is -2.08. The summed E-state index contributed by atoms with van der Waals surface area (Å²) in [6.45, 7) is 2.49. The van der Waals surface area contributed by atoms with Crippen molar-refractivity contribution in [3.63, 3.8) is 0 Å². The second-order valence-corrected chi connectivity index (χ2v) is 7.17. The molecule has 0 fully saturated rings. The van der Waals surface area contributed by atoms with Gasteiger partial charge in [-0.25, -0.2) is 0 Å². The summed E-state index contributed by atoms with van der Waals surface area (Å²) >= 11 is 0. The first-order valence-corrected chi connectivity index (χ1v) is 9.85. The molecule has 0 aliphatic carbocycles. The number of para-hydroxylation sites is 1. The molecule has 0 spiro atoms. The summed E-state index contributed by atoms with van der Waals surface area (Å²) in [4.78, 5) is 15.8. The van der Waals surface area contributed by atoms with E-state index in [1.807, 2.05) is 84.6 Å². The number of hydrogen-bond donors (Lipinski definition) is 2. The Hall–Kier alpha value is -4.04. The predicted octanol–water partition coefficient (Wildman–Crippen LogP) is 4.53. The van der Waals surface area contributed by atoms with Crippen LogP contribution in [0, 0.1) is 18.3 Å². The van der Waals surface area contributed by atoms with Crippen LogP contribution in [0.15, 0.2) is 78.6 Å². The number of nitriles is 1. The van der Waals surface area contributed by atoms with E-state index in [2.05, 4.69) is 16.4 Å². The van der Waals surface area contributed by atoms with Crippen LogP contribution in [0.2, 0.25) is 0 Å². The number of H-pyrrole nitrogens is 1. The van der Waals surface area contributed by atoms with E-state index in [1.54, 1.807) is 6.08 Å². The summed E-state index contributed by atoms with van der Waals surface area (Å²) in [5, 5.41) is 13.5. The van der Waals surface area contributed by atoms with Crippen LogP contribution in [0.4, 0.5) is 0 Å². The van der Waals surface area contributed by atoms with Crippen molar-refractivity contribution < 1.29 is 4.79 Å². The highest BCUT2D eigenvalue weighted by Gasteiger charge is 2.11. The number of fused-ring (bicyclic) bond motifs is 1. The average molecular weight is 394 g/mol. The van der Waals surface area contributed by atoms with E-state index in [4.69, 9.17) is 0 Å². The first-order chi connectivity index (χ1) is 14.7. The molecule has 0 saturated carbocycles. The molecule has 0 bridgehead atoms. The number of aromatic nitrogens is 2. The van der Waals surface area contributed by atoms with Crippen LogP contribution in [0.3, 0.4) is 0 Å². The van der Waals surface area contributed by atoms with E-state index in [1.165, 1.54) is 5.56 Å². The maximum absolute atomic E-state index is 12.6. The molecule has 0 atom stereocenters. The maximum atomic E-state index is 12.6. The van der Waals surface area contributed by atoms with Gasteiger partial charge < -0.3 is 14.9 Å². The highest BCUT2D eigenvalue weighted by molar-refractivity contribution is 6.01. The second kappa shape index (κ2) is 8.54. The minimum atomic E-state index is -0.367. The molecular weight excluding hydrogens is 372 g/mol. The Balaban J connectivity index is 1.46. The fourth-order valence-corrected chi connectivity index (χ4v) is 3.49. The zero-order valence-corrected chi connectivity index (χ0v) is 16.7. The zero-order valence-electron chi connectivity index (χ0n) is 16.7. The third-order valence-electron chi connectivity index (χ3n) is 5.10. The third-order valence-corrected chi connectivity index (χ3v) is 5.10. The van der Waals surface area contributed by atoms with Crippen molar-refractivity contribution in [2.45, 2.75) is 13.3 Å². The quantitative estimate of drug-likeness (QED) is 0.372. The Kier molecular flexibility index (Phi) is 5.49. The van der Waals surface area contributed by atoms with Crippen LogP contribution in [-0.4, -0.2) is 22.0 Å². The van der Waals surface area contributed by atoms with Crippen molar-refractivity contribution in [2.75, 3.05) is 6.54 Å². The molecular formula is C25H22N4O. The number of amides is 1. The Labute approximate surface area is 175 Å². The van der Waals surface area contributed by atoms with Gasteiger partial charge in [-0.1, -0.05) is 35.9 Å². The highest BCUT2D eigenvalue weighted by Crippen LogP contribution is 2.18. The topological polar surface area (TPSA) is 73.6 Å². The fraction of sp³-hybridized carbons (Fsp3) is 0.120. The molecule has 5 heteroatoms. The van der Waals surface area contributed by atoms with E-state index < -0.39 is 0 Å². The molecule has 0 aliphatic rings. The number of carbonyl (C=O) groups is 1. The number of aryl methyl sites for hydroxylation is 1. The summed E-state index contributed by atoms with van der Waals surface area (Å²) in [6, 6.07) is 22.0. The van der Waals surface area contributed by atoms with Crippen LogP contribution in [0.1, 0.15) is 16.8 Å². The summed E-state index contributed by atoms with van der Waals surface area (Å²) in [5.41, 5.74) is 5.24. The molecule has 1 amide bonds. The first kappa shape index (κ1) is 19.3. The summed E-state index contributed by atoms with van der Waals surface area (Å²) in [6.07, 6.45) is 6.20. The van der Waals surface area contributed by atoms with Gasteiger partial charge in [-0.3, -0.25) is 4.79 Å². The van der Waals surface area contributed by atoms with Gasteiger partial charge in [0.15, 0.2) is 0 Å².